The Morgan fingerprint density at radius 1 is 1.13 bits per heavy atom. The zero-order valence-corrected chi connectivity index (χ0v) is 14.2. The molecule has 1 aliphatic rings. The maximum atomic E-state index is 12.6. The minimum atomic E-state index is -3.86. The fourth-order valence-electron chi connectivity index (χ4n) is 2.50. The van der Waals surface area contributed by atoms with Crippen molar-refractivity contribution in [2.45, 2.75) is 11.4 Å². The summed E-state index contributed by atoms with van der Waals surface area (Å²) in [7, 11) is -0.0686. The Balaban J connectivity index is 1.99. The molecular formula is C16H15ClN2O3S. The van der Waals surface area contributed by atoms with Gasteiger partial charge in [0.2, 0.25) is 0 Å². The van der Waals surface area contributed by atoms with Gasteiger partial charge in [0.15, 0.2) is 0 Å². The number of sulfonamides is 1. The molecule has 1 aliphatic heterocycles. The number of benzene rings is 2. The molecule has 0 N–H and O–H groups in total. The predicted octanol–water partition coefficient (Wildman–Crippen LogP) is 2.75. The number of amides is 1. The molecule has 1 amide bonds. The van der Waals surface area contributed by atoms with Crippen molar-refractivity contribution in [3.8, 4) is 0 Å². The molecule has 23 heavy (non-hydrogen) atoms. The van der Waals surface area contributed by atoms with Gasteiger partial charge < -0.3 is 4.90 Å². The molecule has 2 aromatic rings. The number of halogens is 1. The molecule has 2 aromatic carbocycles. The fourth-order valence-corrected chi connectivity index (χ4v) is 4.32. The van der Waals surface area contributed by atoms with Crippen LogP contribution < -0.4 is 4.90 Å². The lowest BCUT2D eigenvalue weighted by molar-refractivity contribution is 0.0865. The van der Waals surface area contributed by atoms with Gasteiger partial charge in [-0.05, 0) is 35.9 Å². The Morgan fingerprint density at radius 3 is 2.57 bits per heavy atom. The van der Waals surface area contributed by atoms with E-state index in [4.69, 9.17) is 11.6 Å². The lowest BCUT2D eigenvalue weighted by Gasteiger charge is -2.17. The molecule has 120 valence electrons. The van der Waals surface area contributed by atoms with Crippen LogP contribution in [0, 0.1) is 0 Å². The van der Waals surface area contributed by atoms with Gasteiger partial charge in [-0.25, -0.2) is 12.7 Å². The molecular weight excluding hydrogens is 336 g/mol. The molecule has 7 heteroatoms. The van der Waals surface area contributed by atoms with Crippen LogP contribution in [0.4, 0.5) is 5.69 Å². The number of nitrogens with zero attached hydrogens (tertiary/aromatic N) is 2. The molecule has 0 bridgehead atoms. The number of carbonyl (C=O) groups is 1. The van der Waals surface area contributed by atoms with Gasteiger partial charge in [-0.3, -0.25) is 4.79 Å². The molecule has 0 saturated carbocycles. The number of carbonyl (C=O) groups excluding carboxylic acids is 1. The Kier molecular flexibility index (Phi) is 3.82. The average molecular weight is 351 g/mol. The van der Waals surface area contributed by atoms with Crippen molar-refractivity contribution in [1.29, 1.82) is 0 Å². The highest BCUT2D eigenvalue weighted by Crippen LogP contribution is 2.33. The van der Waals surface area contributed by atoms with E-state index in [1.165, 1.54) is 18.2 Å². The van der Waals surface area contributed by atoms with Gasteiger partial charge in [-0.1, -0.05) is 23.7 Å². The van der Waals surface area contributed by atoms with Gasteiger partial charge in [-0.2, -0.15) is 0 Å². The maximum Gasteiger partial charge on any atom is 0.269 e. The van der Waals surface area contributed by atoms with Crippen molar-refractivity contribution >= 4 is 33.2 Å². The predicted molar refractivity (Wildman–Crippen MR) is 89.3 cm³/mol. The normalized spacial score (nSPS) is 15.6. The van der Waals surface area contributed by atoms with E-state index in [1.54, 1.807) is 6.07 Å². The molecule has 0 saturated heterocycles. The quantitative estimate of drug-likeness (QED) is 0.854. The fraction of sp³-hybridized carbons (Fsp3) is 0.188. The highest BCUT2D eigenvalue weighted by atomic mass is 35.5. The smallest absolute Gasteiger partial charge is 0.269 e. The summed E-state index contributed by atoms with van der Waals surface area (Å²) in [5.41, 5.74) is 1.84. The zero-order valence-electron chi connectivity index (χ0n) is 12.7. The van der Waals surface area contributed by atoms with Crippen LogP contribution in [0.5, 0.6) is 0 Å². The summed E-state index contributed by atoms with van der Waals surface area (Å²) >= 11 is 5.86. The first-order chi connectivity index (χ1) is 10.8. The van der Waals surface area contributed by atoms with Crippen LogP contribution in [0.1, 0.15) is 15.9 Å². The minimum Gasteiger partial charge on any atom is -0.378 e. The summed E-state index contributed by atoms with van der Waals surface area (Å²) in [6.45, 7) is -0.00482. The Bertz CT molecular complexity index is 894. The number of fused-ring (bicyclic) bond motifs is 1. The highest BCUT2D eigenvalue weighted by molar-refractivity contribution is 7.90. The molecule has 0 fully saturated rings. The second-order valence-electron chi connectivity index (χ2n) is 5.52. The molecule has 0 spiro atoms. The van der Waals surface area contributed by atoms with Crippen molar-refractivity contribution in [1.82, 2.24) is 4.31 Å². The Hall–Kier alpha value is -2.05. The summed E-state index contributed by atoms with van der Waals surface area (Å²) < 4.78 is 26.1. The molecule has 5 nitrogen and oxygen atoms in total. The van der Waals surface area contributed by atoms with Crippen molar-refractivity contribution in [2.75, 3.05) is 19.0 Å². The maximum absolute atomic E-state index is 12.6. The van der Waals surface area contributed by atoms with E-state index in [2.05, 4.69) is 0 Å². The van der Waals surface area contributed by atoms with Crippen molar-refractivity contribution in [3.05, 3.63) is 58.6 Å². The summed E-state index contributed by atoms with van der Waals surface area (Å²) in [5, 5.41) is 0.289. The molecule has 3 rings (SSSR count). The van der Waals surface area contributed by atoms with E-state index < -0.39 is 15.9 Å². The van der Waals surface area contributed by atoms with Crippen LogP contribution in [0.25, 0.3) is 0 Å². The third kappa shape index (κ3) is 2.68. The number of hydrogen-bond acceptors (Lipinski definition) is 4. The first-order valence-corrected chi connectivity index (χ1v) is 8.75. The van der Waals surface area contributed by atoms with Gasteiger partial charge in [0, 0.05) is 24.8 Å². The molecule has 0 unspecified atom stereocenters. The van der Waals surface area contributed by atoms with Crippen molar-refractivity contribution < 1.29 is 13.2 Å². The van der Waals surface area contributed by atoms with E-state index in [0.29, 0.717) is 0 Å². The van der Waals surface area contributed by atoms with Crippen LogP contribution in [-0.2, 0) is 16.6 Å². The summed E-state index contributed by atoms with van der Waals surface area (Å²) in [6.07, 6.45) is 0. The molecule has 0 aliphatic carbocycles. The van der Waals surface area contributed by atoms with E-state index in [-0.39, 0.29) is 22.0 Å². The van der Waals surface area contributed by atoms with Gasteiger partial charge >= 0.3 is 0 Å². The summed E-state index contributed by atoms with van der Waals surface area (Å²) in [4.78, 5) is 14.3. The number of hydrogen-bond donors (Lipinski definition) is 0. The average Bonchev–Trinajstić information content (AvgIpc) is 2.68. The van der Waals surface area contributed by atoms with Gasteiger partial charge in [-0.15, -0.1) is 0 Å². The van der Waals surface area contributed by atoms with Crippen molar-refractivity contribution in [2.24, 2.45) is 0 Å². The van der Waals surface area contributed by atoms with Crippen LogP contribution in [0.15, 0.2) is 47.4 Å². The van der Waals surface area contributed by atoms with Crippen LogP contribution in [-0.4, -0.2) is 32.7 Å². The Labute approximate surface area is 140 Å². The van der Waals surface area contributed by atoms with Crippen molar-refractivity contribution in [3.63, 3.8) is 0 Å². The molecule has 0 atom stereocenters. The SMILES string of the molecule is CN(C)c1cccc(CN2C(=O)c3ccc(Cl)cc3S2(=O)=O)c1. The Morgan fingerprint density at radius 2 is 1.87 bits per heavy atom. The minimum absolute atomic E-state index is 0.00482. The second kappa shape index (κ2) is 5.54. The van der Waals surface area contributed by atoms with Gasteiger partial charge in [0.05, 0.1) is 12.1 Å². The van der Waals surface area contributed by atoms with Gasteiger partial charge in [0.25, 0.3) is 15.9 Å². The third-order valence-electron chi connectivity index (χ3n) is 3.72. The third-order valence-corrected chi connectivity index (χ3v) is 5.73. The zero-order chi connectivity index (χ0) is 16.8. The standard InChI is InChI=1S/C16H15ClN2O3S/c1-18(2)13-5-3-4-11(8-13)10-19-16(20)14-7-6-12(17)9-15(14)23(19,21)22/h3-9H,10H2,1-2H3. The number of anilines is 1. The van der Waals surface area contributed by atoms with Gasteiger partial charge in [0.1, 0.15) is 4.90 Å². The van der Waals surface area contributed by atoms with E-state index in [9.17, 15) is 13.2 Å². The first kappa shape index (κ1) is 15.8. The summed E-state index contributed by atoms with van der Waals surface area (Å²) in [6, 6.07) is 11.7. The van der Waals surface area contributed by atoms with E-state index >= 15 is 0 Å². The lowest BCUT2D eigenvalue weighted by Crippen LogP contribution is -2.29. The second-order valence-corrected chi connectivity index (χ2v) is 7.79. The highest BCUT2D eigenvalue weighted by Gasteiger charge is 2.41. The van der Waals surface area contributed by atoms with Crippen LogP contribution in [0.3, 0.4) is 0 Å². The molecule has 0 radical (unpaired) electrons. The van der Waals surface area contributed by atoms with Crippen LogP contribution >= 0.6 is 11.6 Å². The van der Waals surface area contributed by atoms with E-state index in [1.807, 2.05) is 37.2 Å². The topological polar surface area (TPSA) is 57.7 Å². The van der Waals surface area contributed by atoms with E-state index in [0.717, 1.165) is 15.6 Å². The molecule has 1 heterocycles. The lowest BCUT2D eigenvalue weighted by atomic mass is 10.1. The first-order valence-electron chi connectivity index (χ1n) is 6.93. The molecule has 0 aromatic heterocycles. The monoisotopic (exact) mass is 350 g/mol. The largest absolute Gasteiger partial charge is 0.378 e. The van der Waals surface area contributed by atoms with Crippen LogP contribution in [0.2, 0.25) is 5.02 Å². The number of rotatable bonds is 3. The summed E-state index contributed by atoms with van der Waals surface area (Å²) in [5.74, 6) is -0.521.